The van der Waals surface area contributed by atoms with Crippen molar-refractivity contribution in [3.8, 4) is 0 Å². The molecule has 0 bridgehead atoms. The van der Waals surface area contributed by atoms with Crippen LogP contribution in [0.2, 0.25) is 0 Å². The first kappa shape index (κ1) is 12.6. The van der Waals surface area contributed by atoms with Crippen molar-refractivity contribution in [2.24, 2.45) is 0 Å². The van der Waals surface area contributed by atoms with Gasteiger partial charge in [0.1, 0.15) is 11.5 Å². The van der Waals surface area contributed by atoms with E-state index in [1.54, 1.807) is 11.8 Å². The molecule has 0 unspecified atom stereocenters. The topological polar surface area (TPSA) is 28.4 Å². The van der Waals surface area contributed by atoms with Gasteiger partial charge in [-0.25, -0.2) is 0 Å². The van der Waals surface area contributed by atoms with E-state index in [0.29, 0.717) is 0 Å². The van der Waals surface area contributed by atoms with E-state index >= 15 is 0 Å². The molecular weight excluding hydrogens is 208 g/mol. The highest BCUT2D eigenvalue weighted by molar-refractivity contribution is 7.97. The van der Waals surface area contributed by atoms with E-state index in [1.165, 1.54) is 0 Å². The highest BCUT2D eigenvalue weighted by Gasteiger charge is 2.00. The second-order valence-corrected chi connectivity index (χ2v) is 4.65. The minimum Gasteiger partial charge on any atom is -0.464 e. The van der Waals surface area contributed by atoms with Crippen LogP contribution < -0.4 is 5.32 Å². The van der Waals surface area contributed by atoms with Gasteiger partial charge in [0.2, 0.25) is 0 Å². The Hall–Kier alpha value is -0.450. The third-order valence-corrected chi connectivity index (χ3v) is 2.61. The number of nitrogens with zero attached hydrogens (tertiary/aromatic N) is 1. The fourth-order valence-electron chi connectivity index (χ4n) is 1.25. The number of hydrogen-bond acceptors (Lipinski definition) is 4. The van der Waals surface area contributed by atoms with Crippen LogP contribution in [0.15, 0.2) is 16.5 Å². The first-order valence-electron chi connectivity index (χ1n) is 5.14. The van der Waals surface area contributed by atoms with Crippen LogP contribution in [0.1, 0.15) is 11.5 Å². The van der Waals surface area contributed by atoms with Gasteiger partial charge in [0, 0.05) is 13.1 Å². The van der Waals surface area contributed by atoms with Crippen LogP contribution >= 0.6 is 11.8 Å². The van der Waals surface area contributed by atoms with Gasteiger partial charge >= 0.3 is 0 Å². The first-order valence-corrected chi connectivity index (χ1v) is 6.53. The van der Waals surface area contributed by atoms with Crippen LogP contribution in [0.25, 0.3) is 0 Å². The number of thioether (sulfide) groups is 1. The zero-order valence-corrected chi connectivity index (χ0v) is 10.6. The molecule has 0 amide bonds. The summed E-state index contributed by atoms with van der Waals surface area (Å²) in [5.74, 6) is 3.04. The molecule has 0 aliphatic heterocycles. The lowest BCUT2D eigenvalue weighted by Crippen LogP contribution is -2.26. The smallest absolute Gasteiger partial charge is 0.118 e. The van der Waals surface area contributed by atoms with E-state index in [1.807, 2.05) is 6.07 Å². The van der Waals surface area contributed by atoms with Crippen LogP contribution in [-0.4, -0.2) is 38.3 Å². The molecule has 0 atom stereocenters. The Balaban J connectivity index is 2.19. The predicted octanol–water partition coefficient (Wildman–Crippen LogP) is 1.79. The molecule has 4 heteroatoms. The Kier molecular flexibility index (Phi) is 5.83. The molecule has 0 radical (unpaired) electrons. The molecule has 0 saturated heterocycles. The van der Waals surface area contributed by atoms with Crippen LogP contribution in [0.3, 0.4) is 0 Å². The van der Waals surface area contributed by atoms with Crippen molar-refractivity contribution in [3.05, 3.63) is 23.7 Å². The molecule has 0 spiro atoms. The highest BCUT2D eigenvalue weighted by atomic mass is 32.2. The summed E-state index contributed by atoms with van der Waals surface area (Å²) in [6.07, 6.45) is 2.08. The van der Waals surface area contributed by atoms with Crippen LogP contribution in [-0.2, 0) is 12.3 Å². The lowest BCUT2D eigenvalue weighted by molar-refractivity contribution is 0.389. The second-order valence-electron chi connectivity index (χ2n) is 3.78. The molecule has 15 heavy (non-hydrogen) atoms. The van der Waals surface area contributed by atoms with Gasteiger partial charge < -0.3 is 14.6 Å². The summed E-state index contributed by atoms with van der Waals surface area (Å²) < 4.78 is 5.63. The number of rotatable bonds is 7. The minimum absolute atomic E-state index is 0.822. The van der Waals surface area contributed by atoms with E-state index < -0.39 is 0 Å². The van der Waals surface area contributed by atoms with Crippen LogP contribution in [0, 0.1) is 0 Å². The van der Waals surface area contributed by atoms with Crippen molar-refractivity contribution in [1.82, 2.24) is 10.2 Å². The Morgan fingerprint density at radius 2 is 2.07 bits per heavy atom. The van der Waals surface area contributed by atoms with E-state index in [9.17, 15) is 0 Å². The molecule has 0 fully saturated rings. The molecule has 86 valence electrons. The first-order chi connectivity index (χ1) is 7.22. The van der Waals surface area contributed by atoms with Gasteiger partial charge in [-0.1, -0.05) is 0 Å². The lowest BCUT2D eigenvalue weighted by atomic mass is 10.4. The van der Waals surface area contributed by atoms with Crippen molar-refractivity contribution < 1.29 is 4.42 Å². The summed E-state index contributed by atoms with van der Waals surface area (Å²) >= 11 is 1.78. The third kappa shape index (κ3) is 5.25. The zero-order valence-electron chi connectivity index (χ0n) is 9.75. The minimum atomic E-state index is 0.822. The Bertz CT molecular complexity index is 273. The van der Waals surface area contributed by atoms with Crippen LogP contribution in [0.5, 0.6) is 0 Å². The van der Waals surface area contributed by atoms with Crippen molar-refractivity contribution in [3.63, 3.8) is 0 Å². The largest absolute Gasteiger partial charge is 0.464 e. The maximum atomic E-state index is 5.63. The third-order valence-electron chi connectivity index (χ3n) is 2.04. The number of hydrogen-bond donors (Lipinski definition) is 1. The summed E-state index contributed by atoms with van der Waals surface area (Å²) in [5.41, 5.74) is 0. The molecule has 1 aromatic heterocycles. The molecule has 1 aromatic rings. The Morgan fingerprint density at radius 3 is 2.73 bits per heavy atom. The predicted molar refractivity (Wildman–Crippen MR) is 66.2 cm³/mol. The van der Waals surface area contributed by atoms with Crippen molar-refractivity contribution in [2.45, 2.75) is 12.3 Å². The molecule has 0 aromatic carbocycles. The number of furan rings is 1. The molecule has 0 aliphatic carbocycles. The molecule has 0 saturated carbocycles. The average molecular weight is 228 g/mol. The number of nitrogens with one attached hydrogen (secondary N) is 1. The van der Waals surface area contributed by atoms with Gasteiger partial charge in [0.15, 0.2) is 0 Å². The monoisotopic (exact) mass is 228 g/mol. The fourth-order valence-corrected chi connectivity index (χ4v) is 1.69. The Labute approximate surface area is 96.2 Å². The maximum absolute atomic E-state index is 5.63. The zero-order chi connectivity index (χ0) is 11.1. The molecule has 3 nitrogen and oxygen atoms in total. The summed E-state index contributed by atoms with van der Waals surface area (Å²) in [4.78, 5) is 2.16. The average Bonchev–Trinajstić information content (AvgIpc) is 2.61. The summed E-state index contributed by atoms with van der Waals surface area (Å²) in [7, 11) is 4.15. The van der Waals surface area contributed by atoms with Gasteiger partial charge in [-0.05, 0) is 32.5 Å². The van der Waals surface area contributed by atoms with E-state index in [0.717, 1.165) is 36.9 Å². The molecule has 1 rings (SSSR count). The van der Waals surface area contributed by atoms with Gasteiger partial charge in [0.05, 0.1) is 12.3 Å². The summed E-state index contributed by atoms with van der Waals surface area (Å²) in [6.45, 7) is 2.87. The van der Waals surface area contributed by atoms with Crippen molar-refractivity contribution in [1.29, 1.82) is 0 Å². The number of likely N-dealkylation sites (N-methyl/N-ethyl adjacent to an activating group) is 1. The van der Waals surface area contributed by atoms with Crippen molar-refractivity contribution >= 4 is 11.8 Å². The highest BCUT2D eigenvalue weighted by Crippen LogP contribution is 2.12. The Morgan fingerprint density at radius 1 is 1.33 bits per heavy atom. The SMILES string of the molecule is CSCc1ccc(CNCCN(C)C)o1. The normalized spacial score (nSPS) is 11.2. The van der Waals surface area contributed by atoms with Gasteiger partial charge in [-0.2, -0.15) is 11.8 Å². The maximum Gasteiger partial charge on any atom is 0.118 e. The van der Waals surface area contributed by atoms with Crippen LogP contribution in [0.4, 0.5) is 0 Å². The van der Waals surface area contributed by atoms with Crippen molar-refractivity contribution in [2.75, 3.05) is 33.4 Å². The van der Waals surface area contributed by atoms with E-state index in [4.69, 9.17) is 4.42 Å². The molecule has 1 N–H and O–H groups in total. The molecule has 0 aliphatic rings. The summed E-state index contributed by atoms with van der Waals surface area (Å²) in [6, 6.07) is 4.10. The van der Waals surface area contributed by atoms with Gasteiger partial charge in [-0.3, -0.25) is 0 Å². The molecule has 1 heterocycles. The summed E-state index contributed by atoms with van der Waals surface area (Å²) in [5, 5.41) is 3.35. The standard InChI is InChI=1S/C11H20N2OS/c1-13(2)7-6-12-8-10-4-5-11(14-10)9-15-3/h4-5,12H,6-9H2,1-3H3. The quantitative estimate of drug-likeness (QED) is 0.720. The van der Waals surface area contributed by atoms with E-state index in [-0.39, 0.29) is 0 Å². The van der Waals surface area contributed by atoms with Gasteiger partial charge in [-0.15, -0.1) is 0 Å². The molecular formula is C11H20N2OS. The fraction of sp³-hybridized carbons (Fsp3) is 0.636. The second kappa shape index (κ2) is 6.93. The van der Waals surface area contributed by atoms with Gasteiger partial charge in [0.25, 0.3) is 0 Å². The lowest BCUT2D eigenvalue weighted by Gasteiger charge is -2.09. The van der Waals surface area contributed by atoms with E-state index in [2.05, 4.69) is 36.6 Å².